The number of carbonyl (C=O) groups excluding carboxylic acids is 1. The van der Waals surface area contributed by atoms with Gasteiger partial charge in [-0.25, -0.2) is 4.79 Å². The number of halogens is 5. The van der Waals surface area contributed by atoms with Crippen molar-refractivity contribution in [1.82, 2.24) is 0 Å². The number of rotatable bonds is 4. The molecule has 21 heavy (non-hydrogen) atoms. The van der Waals surface area contributed by atoms with Crippen molar-refractivity contribution in [3.05, 3.63) is 28.8 Å². The van der Waals surface area contributed by atoms with Crippen LogP contribution in [0.4, 0.5) is 22.0 Å². The second-order valence-electron chi connectivity index (χ2n) is 3.57. The van der Waals surface area contributed by atoms with Gasteiger partial charge in [0.2, 0.25) is 0 Å². The highest BCUT2D eigenvalue weighted by molar-refractivity contribution is 5.95. The van der Waals surface area contributed by atoms with Crippen molar-refractivity contribution in [3.63, 3.8) is 0 Å². The lowest BCUT2D eigenvalue weighted by Crippen LogP contribution is -2.19. The van der Waals surface area contributed by atoms with Crippen molar-refractivity contribution in [2.24, 2.45) is 0 Å². The molecule has 0 radical (unpaired) electrons. The predicted octanol–water partition coefficient (Wildman–Crippen LogP) is 3.36. The molecule has 1 aromatic carbocycles. The van der Waals surface area contributed by atoms with Gasteiger partial charge in [0, 0.05) is 0 Å². The minimum absolute atomic E-state index is 0.249. The Hall–Kier alpha value is -2.37. The van der Waals surface area contributed by atoms with Crippen molar-refractivity contribution in [1.29, 1.82) is 5.26 Å². The van der Waals surface area contributed by atoms with Crippen LogP contribution < -0.4 is 4.74 Å². The van der Waals surface area contributed by atoms with Crippen LogP contribution in [0.15, 0.2) is 12.1 Å². The maximum Gasteiger partial charge on any atom is 0.420 e. The van der Waals surface area contributed by atoms with Crippen molar-refractivity contribution in [2.45, 2.75) is 19.7 Å². The minimum atomic E-state index is -5.18. The second kappa shape index (κ2) is 6.39. The molecule has 0 atom stereocenters. The van der Waals surface area contributed by atoms with Crippen LogP contribution in [0.5, 0.6) is 5.75 Å². The molecule has 0 saturated heterocycles. The summed E-state index contributed by atoms with van der Waals surface area (Å²) in [7, 11) is 0. The highest BCUT2D eigenvalue weighted by atomic mass is 19.4. The number of carbonyl (C=O) groups is 1. The summed E-state index contributed by atoms with van der Waals surface area (Å²) in [6.07, 6.45) is -5.18. The monoisotopic (exact) mass is 309 g/mol. The molecule has 1 rings (SSSR count). The summed E-state index contributed by atoms with van der Waals surface area (Å²) in [6.45, 7) is -2.42. The number of alkyl halides is 5. The third kappa shape index (κ3) is 3.81. The van der Waals surface area contributed by atoms with Crippen molar-refractivity contribution in [2.75, 3.05) is 6.61 Å². The van der Waals surface area contributed by atoms with Gasteiger partial charge in [0.05, 0.1) is 17.7 Å². The number of hydrogen-bond donors (Lipinski definition) is 0. The number of nitrogens with zero attached hydrogens (tertiary/aromatic N) is 1. The van der Waals surface area contributed by atoms with Crippen molar-refractivity contribution < 1.29 is 36.2 Å². The Morgan fingerprint density at radius 2 is 2.00 bits per heavy atom. The summed E-state index contributed by atoms with van der Waals surface area (Å²) in [4.78, 5) is 11.6. The number of ether oxygens (including phenoxy) is 2. The fourth-order valence-electron chi connectivity index (χ4n) is 1.57. The molecule has 0 unspecified atom stereocenters. The quantitative estimate of drug-likeness (QED) is 0.632. The molecule has 0 aliphatic heterocycles. The maximum atomic E-state index is 13.0. The van der Waals surface area contributed by atoms with E-state index in [1.165, 1.54) is 13.0 Å². The number of benzene rings is 1. The molecular weight excluding hydrogens is 301 g/mol. The van der Waals surface area contributed by atoms with Gasteiger partial charge in [-0.15, -0.1) is 0 Å². The van der Waals surface area contributed by atoms with Gasteiger partial charge in [0.1, 0.15) is 17.4 Å². The molecule has 9 heteroatoms. The van der Waals surface area contributed by atoms with Gasteiger partial charge in [0.15, 0.2) is 0 Å². The fraction of sp³-hybridized carbons (Fsp3) is 0.333. The number of esters is 1. The van der Waals surface area contributed by atoms with Crippen LogP contribution in [0.25, 0.3) is 0 Å². The lowest BCUT2D eigenvalue weighted by molar-refractivity contribution is -0.142. The van der Waals surface area contributed by atoms with Gasteiger partial charge in [-0.1, -0.05) is 0 Å². The third-order valence-electron chi connectivity index (χ3n) is 2.27. The van der Waals surface area contributed by atoms with E-state index in [-0.39, 0.29) is 6.61 Å². The maximum absolute atomic E-state index is 13.0. The molecule has 4 nitrogen and oxygen atoms in total. The van der Waals surface area contributed by atoms with E-state index >= 15 is 0 Å². The van der Waals surface area contributed by atoms with Crippen LogP contribution >= 0.6 is 0 Å². The van der Waals surface area contributed by atoms with E-state index in [1.807, 2.05) is 0 Å². The molecule has 0 aromatic heterocycles. The Kier molecular flexibility index (Phi) is 5.07. The van der Waals surface area contributed by atoms with Gasteiger partial charge in [0.25, 0.3) is 0 Å². The molecule has 1 aromatic rings. The predicted molar refractivity (Wildman–Crippen MR) is 58.7 cm³/mol. The summed E-state index contributed by atoms with van der Waals surface area (Å²) >= 11 is 0. The molecule has 0 amide bonds. The van der Waals surface area contributed by atoms with Crippen LogP contribution in [0.1, 0.15) is 28.4 Å². The first-order chi connectivity index (χ1) is 9.72. The van der Waals surface area contributed by atoms with E-state index in [0.717, 1.165) is 6.07 Å². The van der Waals surface area contributed by atoms with Gasteiger partial charge >= 0.3 is 18.8 Å². The second-order valence-corrected chi connectivity index (χ2v) is 3.57. The smallest absolute Gasteiger partial charge is 0.420 e. The van der Waals surface area contributed by atoms with E-state index in [2.05, 4.69) is 9.47 Å². The van der Waals surface area contributed by atoms with E-state index in [0.29, 0.717) is 6.07 Å². The van der Waals surface area contributed by atoms with Crippen LogP contribution in [-0.2, 0) is 10.9 Å². The summed E-state index contributed by atoms with van der Waals surface area (Å²) in [6, 6.07) is 2.71. The average molecular weight is 309 g/mol. The van der Waals surface area contributed by atoms with E-state index in [9.17, 15) is 26.7 Å². The lowest BCUT2D eigenvalue weighted by atomic mass is 10.00. The van der Waals surface area contributed by atoms with Gasteiger partial charge < -0.3 is 9.47 Å². The molecule has 0 fully saturated rings. The Morgan fingerprint density at radius 3 is 2.43 bits per heavy atom. The highest BCUT2D eigenvalue weighted by Crippen LogP contribution is 2.40. The highest BCUT2D eigenvalue weighted by Gasteiger charge is 2.41. The third-order valence-corrected chi connectivity index (χ3v) is 2.27. The molecule has 0 aliphatic carbocycles. The summed E-state index contributed by atoms with van der Waals surface area (Å²) in [5, 5.41) is 8.78. The first-order valence-corrected chi connectivity index (χ1v) is 5.48. The lowest BCUT2D eigenvalue weighted by Gasteiger charge is -2.17. The molecule has 0 saturated carbocycles. The zero-order valence-corrected chi connectivity index (χ0v) is 10.5. The fourth-order valence-corrected chi connectivity index (χ4v) is 1.57. The zero-order chi connectivity index (χ0) is 16.2. The van der Waals surface area contributed by atoms with E-state index in [1.54, 1.807) is 0 Å². The van der Waals surface area contributed by atoms with Gasteiger partial charge in [-0.05, 0) is 19.1 Å². The molecule has 0 spiro atoms. The minimum Gasteiger partial charge on any atom is -0.462 e. The summed E-state index contributed by atoms with van der Waals surface area (Å²) in [5.74, 6) is -2.69. The van der Waals surface area contributed by atoms with Crippen LogP contribution in [0.3, 0.4) is 0 Å². The molecule has 0 heterocycles. The number of nitriles is 1. The van der Waals surface area contributed by atoms with E-state index < -0.39 is 41.2 Å². The first-order valence-electron chi connectivity index (χ1n) is 5.48. The van der Waals surface area contributed by atoms with Crippen molar-refractivity contribution >= 4 is 5.97 Å². The van der Waals surface area contributed by atoms with Crippen LogP contribution in [0, 0.1) is 11.3 Å². The topological polar surface area (TPSA) is 59.3 Å². The van der Waals surface area contributed by atoms with E-state index in [4.69, 9.17) is 5.26 Å². The van der Waals surface area contributed by atoms with Crippen LogP contribution in [0.2, 0.25) is 0 Å². The molecule has 0 aliphatic rings. The molecular formula is C12H8F5NO3. The normalized spacial score (nSPS) is 11.1. The SMILES string of the molecule is CCOC(=O)c1c(C#N)ccc(OC(F)F)c1C(F)(F)F. The number of hydrogen-bond acceptors (Lipinski definition) is 4. The van der Waals surface area contributed by atoms with Gasteiger partial charge in [-0.2, -0.15) is 27.2 Å². The molecule has 114 valence electrons. The molecule has 0 bridgehead atoms. The van der Waals surface area contributed by atoms with Crippen LogP contribution in [-0.4, -0.2) is 19.2 Å². The average Bonchev–Trinajstić information content (AvgIpc) is 2.36. The molecule has 0 N–H and O–H groups in total. The summed E-state index contributed by atoms with van der Waals surface area (Å²) < 4.78 is 71.7. The zero-order valence-electron chi connectivity index (χ0n) is 10.5. The Bertz CT molecular complexity index is 577. The Morgan fingerprint density at radius 1 is 1.38 bits per heavy atom. The Balaban J connectivity index is 3.62. The Labute approximate surface area is 115 Å². The van der Waals surface area contributed by atoms with Crippen molar-refractivity contribution in [3.8, 4) is 11.8 Å². The largest absolute Gasteiger partial charge is 0.462 e. The standard InChI is InChI=1S/C12H8F5NO3/c1-2-20-10(19)8-6(5-18)3-4-7(21-11(13)14)9(8)12(15,16)17/h3-4,11H,2H2,1H3. The summed E-state index contributed by atoms with van der Waals surface area (Å²) in [5.41, 5.74) is -3.56. The van der Waals surface area contributed by atoms with Gasteiger partial charge in [-0.3, -0.25) is 0 Å². The first kappa shape index (κ1) is 16.7.